The first kappa shape index (κ1) is 15.9. The minimum atomic E-state index is -0.340. The van der Waals surface area contributed by atoms with E-state index in [2.05, 4.69) is 9.88 Å². The molecule has 1 aromatic carbocycles. The predicted octanol–water partition coefficient (Wildman–Crippen LogP) is 2.25. The number of amides is 1. The van der Waals surface area contributed by atoms with Gasteiger partial charge in [-0.25, -0.2) is 9.37 Å². The smallest absolute Gasteiger partial charge is 0.273 e. The molecule has 122 valence electrons. The van der Waals surface area contributed by atoms with Gasteiger partial charge in [-0.3, -0.25) is 4.79 Å². The van der Waals surface area contributed by atoms with E-state index in [9.17, 15) is 9.18 Å². The average Bonchev–Trinajstić information content (AvgIpc) is 3.02. The highest BCUT2D eigenvalue weighted by molar-refractivity contribution is 7.09. The molecule has 1 saturated heterocycles. The molecule has 0 spiro atoms. The van der Waals surface area contributed by atoms with Crippen LogP contribution >= 0.6 is 11.3 Å². The number of likely N-dealkylation sites (N-methyl/N-ethyl adjacent to an activating group) is 1. The average molecular weight is 335 g/mol. The van der Waals surface area contributed by atoms with Gasteiger partial charge in [0, 0.05) is 37.6 Å². The minimum Gasteiger partial charge on any atom is -0.486 e. The Bertz CT molecular complexity index is 683. The molecule has 0 unspecified atom stereocenters. The highest BCUT2D eigenvalue weighted by atomic mass is 32.1. The van der Waals surface area contributed by atoms with Crippen LogP contribution in [-0.2, 0) is 6.61 Å². The Hall–Kier alpha value is -1.99. The summed E-state index contributed by atoms with van der Waals surface area (Å²) in [5, 5.41) is 2.46. The van der Waals surface area contributed by atoms with Crippen molar-refractivity contribution in [1.29, 1.82) is 0 Å². The molecule has 1 aliphatic rings. The second kappa shape index (κ2) is 7.06. The molecule has 2 aromatic rings. The molecule has 23 heavy (non-hydrogen) atoms. The van der Waals surface area contributed by atoms with Crippen LogP contribution in [0.15, 0.2) is 29.6 Å². The van der Waals surface area contributed by atoms with Crippen molar-refractivity contribution in [3.63, 3.8) is 0 Å². The maximum absolute atomic E-state index is 13.1. The van der Waals surface area contributed by atoms with E-state index in [4.69, 9.17) is 4.74 Å². The third kappa shape index (κ3) is 4.05. The third-order valence-electron chi connectivity index (χ3n) is 3.72. The van der Waals surface area contributed by atoms with Gasteiger partial charge in [-0.15, -0.1) is 11.3 Å². The number of nitrogens with zero attached hydrogens (tertiary/aromatic N) is 3. The van der Waals surface area contributed by atoms with Gasteiger partial charge < -0.3 is 14.5 Å². The Balaban J connectivity index is 1.58. The molecular formula is C16H18FN3O2S. The Kier molecular flexibility index (Phi) is 4.88. The number of rotatable bonds is 4. The summed E-state index contributed by atoms with van der Waals surface area (Å²) in [6.07, 6.45) is 0. The van der Waals surface area contributed by atoms with Gasteiger partial charge in [0.15, 0.2) is 0 Å². The van der Waals surface area contributed by atoms with Gasteiger partial charge in [0.1, 0.15) is 28.9 Å². The van der Waals surface area contributed by atoms with Crippen molar-refractivity contribution in [1.82, 2.24) is 14.8 Å². The van der Waals surface area contributed by atoms with Gasteiger partial charge >= 0.3 is 0 Å². The standard InChI is InChI=1S/C16H18FN3O2S/c1-19-5-7-20(8-6-19)16(21)14-11-23-15(18-14)10-22-13-4-2-3-12(17)9-13/h2-4,9,11H,5-8,10H2,1H3. The summed E-state index contributed by atoms with van der Waals surface area (Å²) in [6, 6.07) is 5.97. The summed E-state index contributed by atoms with van der Waals surface area (Å²) in [5.74, 6) is 0.0751. The van der Waals surface area contributed by atoms with Crippen molar-refractivity contribution in [2.45, 2.75) is 6.61 Å². The molecule has 0 aliphatic carbocycles. The first-order chi connectivity index (χ1) is 11.1. The van der Waals surface area contributed by atoms with Crippen LogP contribution in [0, 0.1) is 5.82 Å². The largest absolute Gasteiger partial charge is 0.486 e. The number of ether oxygens (including phenoxy) is 1. The molecule has 5 nitrogen and oxygen atoms in total. The maximum Gasteiger partial charge on any atom is 0.273 e. The first-order valence-electron chi connectivity index (χ1n) is 7.42. The second-order valence-electron chi connectivity index (χ2n) is 5.47. The highest BCUT2D eigenvalue weighted by Gasteiger charge is 2.22. The Labute approximate surface area is 138 Å². The van der Waals surface area contributed by atoms with Gasteiger partial charge in [0.25, 0.3) is 5.91 Å². The number of benzene rings is 1. The molecule has 1 aromatic heterocycles. The topological polar surface area (TPSA) is 45.7 Å². The monoisotopic (exact) mass is 335 g/mol. The number of carbonyl (C=O) groups excluding carboxylic acids is 1. The van der Waals surface area contributed by atoms with Gasteiger partial charge in [0.05, 0.1) is 0 Å². The summed E-state index contributed by atoms with van der Waals surface area (Å²) in [7, 11) is 2.05. The van der Waals surface area contributed by atoms with E-state index in [0.29, 0.717) is 16.5 Å². The van der Waals surface area contributed by atoms with Crippen molar-refractivity contribution in [3.8, 4) is 5.75 Å². The number of thiazole rings is 1. The second-order valence-corrected chi connectivity index (χ2v) is 6.41. The molecule has 7 heteroatoms. The van der Waals surface area contributed by atoms with Crippen LogP contribution in [0.5, 0.6) is 5.75 Å². The van der Waals surface area contributed by atoms with E-state index < -0.39 is 0 Å². The number of halogens is 1. The van der Waals surface area contributed by atoms with Gasteiger partial charge in [0.2, 0.25) is 0 Å². The van der Waals surface area contributed by atoms with E-state index in [1.807, 2.05) is 11.9 Å². The van der Waals surface area contributed by atoms with Crippen LogP contribution in [0.2, 0.25) is 0 Å². The fraction of sp³-hybridized carbons (Fsp3) is 0.375. The summed E-state index contributed by atoms with van der Waals surface area (Å²) >= 11 is 1.38. The molecule has 3 rings (SSSR count). The maximum atomic E-state index is 13.1. The lowest BCUT2D eigenvalue weighted by molar-refractivity contribution is 0.0658. The van der Waals surface area contributed by atoms with Crippen molar-refractivity contribution >= 4 is 17.2 Å². The minimum absolute atomic E-state index is 0.0358. The van der Waals surface area contributed by atoms with Crippen LogP contribution in [-0.4, -0.2) is 53.9 Å². The van der Waals surface area contributed by atoms with Gasteiger partial charge in [-0.05, 0) is 19.2 Å². The van der Waals surface area contributed by atoms with Crippen LogP contribution < -0.4 is 4.74 Å². The zero-order valence-electron chi connectivity index (χ0n) is 12.9. The number of hydrogen-bond donors (Lipinski definition) is 0. The van der Waals surface area contributed by atoms with Crippen LogP contribution in [0.4, 0.5) is 4.39 Å². The van der Waals surface area contributed by atoms with Crippen molar-refractivity contribution in [2.24, 2.45) is 0 Å². The molecular weight excluding hydrogens is 317 g/mol. The fourth-order valence-corrected chi connectivity index (χ4v) is 3.03. The van der Waals surface area contributed by atoms with E-state index in [1.54, 1.807) is 17.5 Å². The van der Waals surface area contributed by atoms with Crippen LogP contribution in [0.3, 0.4) is 0 Å². The summed E-state index contributed by atoms with van der Waals surface area (Å²) in [4.78, 5) is 20.8. The fourth-order valence-electron chi connectivity index (χ4n) is 2.35. The summed E-state index contributed by atoms with van der Waals surface area (Å²) < 4.78 is 18.6. The lowest BCUT2D eigenvalue weighted by Crippen LogP contribution is -2.47. The zero-order chi connectivity index (χ0) is 16.2. The Morgan fingerprint density at radius 1 is 1.35 bits per heavy atom. The lowest BCUT2D eigenvalue weighted by atomic mass is 10.3. The number of hydrogen-bond acceptors (Lipinski definition) is 5. The van der Waals surface area contributed by atoms with E-state index >= 15 is 0 Å². The number of piperazine rings is 1. The molecule has 0 radical (unpaired) electrons. The lowest BCUT2D eigenvalue weighted by Gasteiger charge is -2.31. The molecule has 1 aliphatic heterocycles. The predicted molar refractivity (Wildman–Crippen MR) is 86.2 cm³/mol. The molecule has 0 saturated carbocycles. The number of aromatic nitrogens is 1. The molecule has 1 fully saturated rings. The van der Waals surface area contributed by atoms with E-state index in [0.717, 1.165) is 26.2 Å². The summed E-state index contributed by atoms with van der Waals surface area (Å²) in [6.45, 7) is 3.44. The molecule has 0 N–H and O–H groups in total. The third-order valence-corrected chi connectivity index (χ3v) is 4.54. The molecule has 0 atom stereocenters. The van der Waals surface area contributed by atoms with Crippen molar-refractivity contribution in [3.05, 3.63) is 46.2 Å². The summed E-state index contributed by atoms with van der Waals surface area (Å²) in [5.41, 5.74) is 0.456. The zero-order valence-corrected chi connectivity index (χ0v) is 13.7. The van der Waals surface area contributed by atoms with Gasteiger partial charge in [-0.1, -0.05) is 6.07 Å². The van der Waals surface area contributed by atoms with E-state index in [-0.39, 0.29) is 18.3 Å². The quantitative estimate of drug-likeness (QED) is 0.860. The SMILES string of the molecule is CN1CCN(C(=O)c2csc(COc3cccc(F)c3)n2)CC1. The Morgan fingerprint density at radius 3 is 2.87 bits per heavy atom. The first-order valence-corrected chi connectivity index (χ1v) is 8.30. The Morgan fingerprint density at radius 2 is 2.13 bits per heavy atom. The van der Waals surface area contributed by atoms with Crippen molar-refractivity contribution < 1.29 is 13.9 Å². The number of carbonyl (C=O) groups is 1. The van der Waals surface area contributed by atoms with Crippen molar-refractivity contribution in [2.75, 3.05) is 33.2 Å². The molecule has 0 bridgehead atoms. The van der Waals surface area contributed by atoms with E-state index in [1.165, 1.54) is 23.5 Å². The highest BCUT2D eigenvalue weighted by Crippen LogP contribution is 2.17. The molecule has 2 heterocycles. The molecule has 1 amide bonds. The normalized spacial score (nSPS) is 15.7. The van der Waals surface area contributed by atoms with Crippen LogP contribution in [0.1, 0.15) is 15.5 Å². The van der Waals surface area contributed by atoms with Gasteiger partial charge in [-0.2, -0.15) is 0 Å². The van der Waals surface area contributed by atoms with Crippen LogP contribution in [0.25, 0.3) is 0 Å².